The first-order valence-corrected chi connectivity index (χ1v) is 8.68. The summed E-state index contributed by atoms with van der Waals surface area (Å²) in [7, 11) is 0. The highest BCUT2D eigenvalue weighted by Gasteiger charge is 2.22. The van der Waals surface area contributed by atoms with Crippen LogP contribution in [0.1, 0.15) is 5.76 Å². The second-order valence-corrected chi connectivity index (χ2v) is 6.26. The summed E-state index contributed by atoms with van der Waals surface area (Å²) in [5, 5.41) is 11.1. The summed E-state index contributed by atoms with van der Waals surface area (Å²) in [5.41, 5.74) is 0.782. The maximum atomic E-state index is 13.1. The Bertz CT molecular complexity index is 1220. The maximum Gasteiger partial charge on any atom is 0.420 e. The summed E-state index contributed by atoms with van der Waals surface area (Å²) in [6.45, 7) is -0.177. The number of carbonyl (C=O) groups is 1. The third kappa shape index (κ3) is 3.65. The number of nitro groups is 1. The number of aromatic nitrogens is 1. The Morgan fingerprint density at radius 2 is 1.90 bits per heavy atom. The Balaban J connectivity index is 1.70. The molecule has 0 saturated carbocycles. The van der Waals surface area contributed by atoms with Crippen molar-refractivity contribution < 1.29 is 18.6 Å². The summed E-state index contributed by atoms with van der Waals surface area (Å²) >= 11 is 0. The molecule has 0 N–H and O–H groups in total. The number of para-hydroxylation sites is 1. The average molecular weight is 393 g/mol. The lowest BCUT2D eigenvalue weighted by Crippen LogP contribution is -2.35. The van der Waals surface area contributed by atoms with Gasteiger partial charge in [0.25, 0.3) is 5.69 Å². The minimum atomic E-state index is -0.764. The molecule has 0 fully saturated rings. The highest BCUT2D eigenvalue weighted by molar-refractivity contribution is 5.93. The predicted molar refractivity (Wildman–Crippen MR) is 103 cm³/mol. The van der Waals surface area contributed by atoms with Gasteiger partial charge in [-0.3, -0.25) is 19.5 Å². The van der Waals surface area contributed by atoms with E-state index >= 15 is 0 Å². The molecular formula is C20H15N3O6. The minimum Gasteiger partial charge on any atom is -0.467 e. The molecule has 0 atom stereocenters. The van der Waals surface area contributed by atoms with E-state index in [0.29, 0.717) is 11.4 Å². The molecule has 0 aliphatic heterocycles. The first kappa shape index (κ1) is 18.2. The van der Waals surface area contributed by atoms with Gasteiger partial charge in [0.05, 0.1) is 23.2 Å². The quantitative estimate of drug-likeness (QED) is 0.367. The Morgan fingerprint density at radius 3 is 2.59 bits per heavy atom. The van der Waals surface area contributed by atoms with Gasteiger partial charge >= 0.3 is 5.76 Å². The number of hydrogen-bond donors (Lipinski definition) is 0. The second kappa shape index (κ2) is 7.47. The molecule has 0 saturated heterocycles. The van der Waals surface area contributed by atoms with E-state index in [9.17, 15) is 19.7 Å². The Morgan fingerprint density at radius 1 is 1.10 bits per heavy atom. The van der Waals surface area contributed by atoms with E-state index in [1.807, 2.05) is 6.07 Å². The highest BCUT2D eigenvalue weighted by Crippen LogP contribution is 2.22. The molecule has 2 heterocycles. The van der Waals surface area contributed by atoms with Crippen LogP contribution in [0.15, 0.2) is 80.6 Å². The molecule has 1 amide bonds. The van der Waals surface area contributed by atoms with Crippen molar-refractivity contribution in [3.05, 3.63) is 93.4 Å². The van der Waals surface area contributed by atoms with Gasteiger partial charge in [0.1, 0.15) is 12.3 Å². The molecule has 2 aromatic carbocycles. The fourth-order valence-electron chi connectivity index (χ4n) is 3.02. The first-order valence-electron chi connectivity index (χ1n) is 8.68. The molecule has 2 aromatic heterocycles. The van der Waals surface area contributed by atoms with E-state index in [1.54, 1.807) is 36.4 Å². The van der Waals surface area contributed by atoms with E-state index in [2.05, 4.69) is 0 Å². The first-order chi connectivity index (χ1) is 14.0. The number of nitrogens with zero attached hydrogens (tertiary/aromatic N) is 3. The van der Waals surface area contributed by atoms with Crippen LogP contribution in [0.5, 0.6) is 0 Å². The molecule has 29 heavy (non-hydrogen) atoms. The van der Waals surface area contributed by atoms with Gasteiger partial charge in [-0.15, -0.1) is 0 Å². The molecule has 0 unspecified atom stereocenters. The molecule has 0 aliphatic carbocycles. The van der Waals surface area contributed by atoms with Gasteiger partial charge in [0.15, 0.2) is 5.58 Å². The largest absolute Gasteiger partial charge is 0.467 e. The molecule has 9 heteroatoms. The van der Waals surface area contributed by atoms with Crippen LogP contribution in [0.2, 0.25) is 0 Å². The Kier molecular flexibility index (Phi) is 4.70. The third-order valence-electron chi connectivity index (χ3n) is 4.42. The standard InChI is InChI=1S/C20H15N3O6/c24-19(21(12-16-7-4-10-28-16)14-5-2-1-3-6-14)13-22-17-11-15(23(26)27)8-9-18(17)29-20(22)25/h1-11H,12-13H2. The van der Waals surface area contributed by atoms with Gasteiger partial charge < -0.3 is 13.7 Å². The Labute approximate surface area is 163 Å². The van der Waals surface area contributed by atoms with Gasteiger partial charge in [0.2, 0.25) is 5.91 Å². The second-order valence-electron chi connectivity index (χ2n) is 6.26. The number of hydrogen-bond acceptors (Lipinski definition) is 6. The zero-order chi connectivity index (χ0) is 20.4. The molecule has 0 aliphatic rings. The van der Waals surface area contributed by atoms with Gasteiger partial charge in [-0.1, -0.05) is 18.2 Å². The van der Waals surface area contributed by atoms with Gasteiger partial charge in [0, 0.05) is 17.8 Å². The number of oxazole rings is 1. The fourth-order valence-corrected chi connectivity index (χ4v) is 3.02. The van der Waals surface area contributed by atoms with Crippen LogP contribution in [0.25, 0.3) is 11.1 Å². The number of amides is 1. The van der Waals surface area contributed by atoms with Crippen molar-refractivity contribution in [2.24, 2.45) is 0 Å². The van der Waals surface area contributed by atoms with Crippen LogP contribution in [0.4, 0.5) is 11.4 Å². The normalized spacial score (nSPS) is 10.9. The van der Waals surface area contributed by atoms with Crippen molar-refractivity contribution in [2.75, 3.05) is 4.90 Å². The average Bonchev–Trinajstić information content (AvgIpc) is 3.34. The van der Waals surface area contributed by atoms with Crippen molar-refractivity contribution in [1.29, 1.82) is 0 Å². The number of nitro benzene ring substituents is 1. The van der Waals surface area contributed by atoms with E-state index in [4.69, 9.17) is 8.83 Å². The molecule has 4 rings (SSSR count). The van der Waals surface area contributed by atoms with Crippen LogP contribution >= 0.6 is 0 Å². The summed E-state index contributed by atoms with van der Waals surface area (Å²) < 4.78 is 11.6. The number of benzene rings is 2. The van der Waals surface area contributed by atoms with Gasteiger partial charge in [-0.05, 0) is 30.3 Å². The Hall–Kier alpha value is -4.14. The van der Waals surface area contributed by atoms with Crippen LogP contribution in [0.3, 0.4) is 0 Å². The van der Waals surface area contributed by atoms with Gasteiger partial charge in [-0.25, -0.2) is 4.79 Å². The molecule has 4 aromatic rings. The van der Waals surface area contributed by atoms with Crippen LogP contribution < -0.4 is 10.7 Å². The lowest BCUT2D eigenvalue weighted by molar-refractivity contribution is -0.384. The molecule has 0 radical (unpaired) electrons. The fraction of sp³-hybridized carbons (Fsp3) is 0.100. The zero-order valence-corrected chi connectivity index (χ0v) is 15.1. The number of furan rings is 1. The molecule has 0 bridgehead atoms. The van der Waals surface area contributed by atoms with E-state index in [0.717, 1.165) is 4.57 Å². The lowest BCUT2D eigenvalue weighted by Gasteiger charge is -2.22. The maximum absolute atomic E-state index is 13.1. The van der Waals surface area contributed by atoms with Crippen molar-refractivity contribution in [3.63, 3.8) is 0 Å². The number of rotatable bonds is 6. The third-order valence-corrected chi connectivity index (χ3v) is 4.42. The van der Waals surface area contributed by atoms with Crippen molar-refractivity contribution in [3.8, 4) is 0 Å². The zero-order valence-electron chi connectivity index (χ0n) is 15.1. The van der Waals surface area contributed by atoms with Crippen LogP contribution in [-0.4, -0.2) is 15.4 Å². The molecule has 0 spiro atoms. The number of fused-ring (bicyclic) bond motifs is 1. The molecular weight excluding hydrogens is 378 g/mol. The van der Waals surface area contributed by atoms with Crippen molar-refractivity contribution in [1.82, 2.24) is 4.57 Å². The van der Waals surface area contributed by atoms with Crippen molar-refractivity contribution in [2.45, 2.75) is 13.1 Å². The van der Waals surface area contributed by atoms with Crippen molar-refractivity contribution >= 4 is 28.4 Å². The predicted octanol–water partition coefficient (Wildman–Crippen LogP) is 3.33. The van der Waals surface area contributed by atoms with Gasteiger partial charge in [-0.2, -0.15) is 0 Å². The SMILES string of the molecule is O=C(Cn1c(=O)oc2ccc([N+](=O)[O-])cc21)N(Cc1ccco1)c1ccccc1. The van der Waals surface area contributed by atoms with Crippen LogP contribution in [0, 0.1) is 10.1 Å². The number of carbonyl (C=O) groups excluding carboxylic acids is 1. The monoisotopic (exact) mass is 393 g/mol. The highest BCUT2D eigenvalue weighted by atomic mass is 16.6. The molecule has 9 nitrogen and oxygen atoms in total. The van der Waals surface area contributed by atoms with Crippen LogP contribution in [-0.2, 0) is 17.9 Å². The summed E-state index contributed by atoms with van der Waals surface area (Å²) in [5.74, 6) is -0.592. The summed E-state index contributed by atoms with van der Waals surface area (Å²) in [6, 6.07) is 16.2. The van der Waals surface area contributed by atoms with E-state index < -0.39 is 16.6 Å². The summed E-state index contributed by atoms with van der Waals surface area (Å²) in [4.78, 5) is 37.3. The topological polar surface area (TPSA) is 112 Å². The summed E-state index contributed by atoms with van der Waals surface area (Å²) in [6.07, 6.45) is 1.51. The number of anilines is 1. The molecule has 146 valence electrons. The van der Waals surface area contributed by atoms with E-state index in [-0.39, 0.29) is 29.9 Å². The minimum absolute atomic E-state index is 0.167. The number of non-ortho nitro benzene ring substituents is 1. The van der Waals surface area contributed by atoms with E-state index in [1.165, 1.54) is 29.4 Å². The smallest absolute Gasteiger partial charge is 0.420 e. The lowest BCUT2D eigenvalue weighted by atomic mass is 10.2.